The van der Waals surface area contributed by atoms with Crippen LogP contribution in [-0.4, -0.2) is 31.1 Å². The molecule has 4 nitrogen and oxygen atoms in total. The van der Waals surface area contributed by atoms with Gasteiger partial charge in [0.2, 0.25) is 0 Å². The molecule has 1 aromatic rings. The number of sulfone groups is 1. The topological polar surface area (TPSA) is 63.6 Å². The summed E-state index contributed by atoms with van der Waals surface area (Å²) in [6.45, 7) is -0.0200. The van der Waals surface area contributed by atoms with Gasteiger partial charge in [-0.15, -0.1) is 0 Å². The maximum atomic E-state index is 11.6. The van der Waals surface area contributed by atoms with Gasteiger partial charge in [0.15, 0.2) is 0 Å². The molecule has 2 atom stereocenters. The Morgan fingerprint density at radius 3 is 2.84 bits per heavy atom. The summed E-state index contributed by atoms with van der Waals surface area (Å²) in [5, 5.41) is 8.80. The first-order valence-corrected chi connectivity index (χ1v) is 8.50. The molecule has 1 saturated carbocycles. The fourth-order valence-electron chi connectivity index (χ4n) is 2.51. The van der Waals surface area contributed by atoms with E-state index < -0.39 is 9.84 Å². The molecule has 106 valence electrons. The first-order valence-electron chi connectivity index (χ1n) is 6.54. The Hall–Kier alpha value is -1.07. The van der Waals surface area contributed by atoms with Gasteiger partial charge < -0.3 is 9.84 Å². The highest BCUT2D eigenvalue weighted by atomic mass is 32.2. The first kappa shape index (κ1) is 14.3. The summed E-state index contributed by atoms with van der Waals surface area (Å²) >= 11 is 0. The lowest BCUT2D eigenvalue weighted by atomic mass is 9.97. The van der Waals surface area contributed by atoms with E-state index >= 15 is 0 Å². The van der Waals surface area contributed by atoms with E-state index in [-0.39, 0.29) is 18.0 Å². The molecule has 0 spiro atoms. The second kappa shape index (κ2) is 5.92. The van der Waals surface area contributed by atoms with Gasteiger partial charge in [0.1, 0.15) is 15.6 Å². The highest BCUT2D eigenvalue weighted by Crippen LogP contribution is 2.27. The summed E-state index contributed by atoms with van der Waals surface area (Å²) in [5.74, 6) is 0.700. The minimum Gasteiger partial charge on any atom is -0.490 e. The number of aliphatic hydroxyl groups is 1. The van der Waals surface area contributed by atoms with Crippen LogP contribution in [0.4, 0.5) is 0 Å². The summed E-state index contributed by atoms with van der Waals surface area (Å²) in [6, 6.07) is 7.29. The zero-order valence-corrected chi connectivity index (χ0v) is 11.9. The first-order chi connectivity index (χ1) is 8.99. The van der Waals surface area contributed by atoms with Gasteiger partial charge in [0, 0.05) is 12.7 Å². The Kier molecular flexibility index (Phi) is 4.47. The molecule has 0 aromatic heterocycles. The lowest BCUT2D eigenvalue weighted by molar-refractivity contribution is 0.156. The fourth-order valence-corrected chi connectivity index (χ4v) is 3.67. The van der Waals surface area contributed by atoms with Crippen molar-refractivity contribution < 1.29 is 18.3 Å². The second-order valence-electron chi connectivity index (χ2n) is 5.16. The van der Waals surface area contributed by atoms with Crippen molar-refractivity contribution in [2.75, 3.05) is 6.26 Å². The van der Waals surface area contributed by atoms with Crippen LogP contribution in [0.3, 0.4) is 0 Å². The zero-order valence-electron chi connectivity index (χ0n) is 11.1. The summed E-state index contributed by atoms with van der Waals surface area (Å²) < 4.78 is 29.0. The van der Waals surface area contributed by atoms with E-state index in [1.165, 1.54) is 6.26 Å². The quantitative estimate of drug-likeness (QED) is 0.917. The summed E-state index contributed by atoms with van der Waals surface area (Å²) in [6.07, 6.45) is 4.30. The smallest absolute Gasteiger partial charge is 0.150 e. The van der Waals surface area contributed by atoms with Crippen molar-refractivity contribution in [1.82, 2.24) is 0 Å². The minimum absolute atomic E-state index is 0.0200. The lowest BCUT2D eigenvalue weighted by Gasteiger charge is -2.28. The van der Waals surface area contributed by atoms with Gasteiger partial charge in [0.25, 0.3) is 0 Å². The van der Waals surface area contributed by atoms with Gasteiger partial charge in [-0.25, -0.2) is 8.42 Å². The van der Waals surface area contributed by atoms with Crippen LogP contribution >= 0.6 is 0 Å². The van der Waals surface area contributed by atoms with E-state index in [4.69, 9.17) is 9.84 Å². The number of rotatable bonds is 4. The average molecular weight is 284 g/mol. The molecule has 2 unspecified atom stereocenters. The normalized spacial score (nSPS) is 24.1. The Labute approximate surface area is 114 Å². The molecule has 1 fully saturated rings. The van der Waals surface area contributed by atoms with Crippen molar-refractivity contribution in [2.24, 2.45) is 0 Å². The largest absolute Gasteiger partial charge is 0.490 e. The Balaban J connectivity index is 2.02. The minimum atomic E-state index is -2.98. The number of hydrogen-bond acceptors (Lipinski definition) is 4. The molecule has 19 heavy (non-hydrogen) atoms. The standard InChI is InChI=1S/C14H20O4S/c1-19(16,17)14-7-3-6-13(9-14)18-12-5-2-4-11(8-12)10-15/h2,4-5,8,13-15H,3,6-7,9-10H2,1H3. The molecule has 0 heterocycles. The Morgan fingerprint density at radius 2 is 2.16 bits per heavy atom. The van der Waals surface area contributed by atoms with Gasteiger partial charge in [-0.1, -0.05) is 12.1 Å². The molecule has 0 radical (unpaired) electrons. The van der Waals surface area contributed by atoms with Crippen LogP contribution in [0.1, 0.15) is 31.2 Å². The summed E-state index contributed by atoms with van der Waals surface area (Å²) in [7, 11) is -2.98. The van der Waals surface area contributed by atoms with E-state index in [0.29, 0.717) is 12.2 Å². The Bertz CT molecular complexity index is 524. The van der Waals surface area contributed by atoms with E-state index in [9.17, 15) is 8.42 Å². The molecule has 1 N–H and O–H groups in total. The molecule has 0 amide bonds. The van der Waals surface area contributed by atoms with Gasteiger partial charge in [-0.05, 0) is 37.0 Å². The third kappa shape index (κ3) is 3.94. The maximum Gasteiger partial charge on any atom is 0.150 e. The molecule has 5 heteroatoms. The highest BCUT2D eigenvalue weighted by Gasteiger charge is 2.29. The number of ether oxygens (including phenoxy) is 1. The second-order valence-corrected chi connectivity index (χ2v) is 7.49. The molecule has 1 aliphatic carbocycles. The average Bonchev–Trinajstić information content (AvgIpc) is 2.38. The van der Waals surface area contributed by atoms with Gasteiger partial charge in [-0.2, -0.15) is 0 Å². The highest BCUT2D eigenvalue weighted by molar-refractivity contribution is 7.91. The van der Waals surface area contributed by atoms with Crippen molar-refractivity contribution in [2.45, 2.75) is 43.6 Å². The number of benzene rings is 1. The summed E-state index contributed by atoms with van der Waals surface area (Å²) in [4.78, 5) is 0. The van der Waals surface area contributed by atoms with Crippen molar-refractivity contribution in [3.8, 4) is 5.75 Å². The zero-order chi connectivity index (χ0) is 13.9. The molecule has 0 aliphatic heterocycles. The van der Waals surface area contributed by atoms with E-state index in [1.54, 1.807) is 6.07 Å². The Morgan fingerprint density at radius 1 is 1.37 bits per heavy atom. The molecule has 0 bridgehead atoms. The van der Waals surface area contributed by atoms with Crippen LogP contribution in [0, 0.1) is 0 Å². The maximum absolute atomic E-state index is 11.6. The van der Waals surface area contributed by atoms with Crippen molar-refractivity contribution >= 4 is 9.84 Å². The molecule has 1 aromatic carbocycles. The predicted octanol–water partition coefficient (Wildman–Crippen LogP) is 1.91. The number of aliphatic hydroxyl groups excluding tert-OH is 1. The van der Waals surface area contributed by atoms with E-state index in [1.807, 2.05) is 18.2 Å². The monoisotopic (exact) mass is 284 g/mol. The molecule has 0 saturated heterocycles. The van der Waals surface area contributed by atoms with Crippen LogP contribution in [0.25, 0.3) is 0 Å². The van der Waals surface area contributed by atoms with E-state index in [0.717, 1.165) is 24.8 Å². The summed E-state index contributed by atoms with van der Waals surface area (Å²) in [5.41, 5.74) is 0.799. The van der Waals surface area contributed by atoms with Crippen LogP contribution in [0.5, 0.6) is 5.75 Å². The van der Waals surface area contributed by atoms with Crippen LogP contribution in [-0.2, 0) is 16.4 Å². The van der Waals surface area contributed by atoms with Gasteiger partial charge in [0.05, 0.1) is 18.0 Å². The van der Waals surface area contributed by atoms with Crippen molar-refractivity contribution in [3.05, 3.63) is 29.8 Å². The van der Waals surface area contributed by atoms with Crippen molar-refractivity contribution in [1.29, 1.82) is 0 Å². The molecular formula is C14H20O4S. The SMILES string of the molecule is CS(=O)(=O)C1CCCC(Oc2cccc(CO)c2)C1. The van der Waals surface area contributed by atoms with Crippen LogP contribution < -0.4 is 4.74 Å². The molecular weight excluding hydrogens is 264 g/mol. The third-order valence-corrected chi connectivity index (χ3v) is 5.21. The van der Waals surface area contributed by atoms with E-state index in [2.05, 4.69) is 0 Å². The lowest BCUT2D eigenvalue weighted by Crippen LogP contribution is -2.33. The van der Waals surface area contributed by atoms with Gasteiger partial charge in [-0.3, -0.25) is 0 Å². The van der Waals surface area contributed by atoms with Crippen molar-refractivity contribution in [3.63, 3.8) is 0 Å². The fraction of sp³-hybridized carbons (Fsp3) is 0.571. The molecule has 1 aliphatic rings. The van der Waals surface area contributed by atoms with Gasteiger partial charge >= 0.3 is 0 Å². The molecule has 2 rings (SSSR count). The third-order valence-electron chi connectivity index (χ3n) is 3.57. The van der Waals surface area contributed by atoms with Crippen LogP contribution in [0.2, 0.25) is 0 Å². The predicted molar refractivity (Wildman–Crippen MR) is 73.9 cm³/mol. The van der Waals surface area contributed by atoms with Crippen LogP contribution in [0.15, 0.2) is 24.3 Å². The number of hydrogen-bond donors (Lipinski definition) is 1.